The SMILES string of the molecule is CCCC1CCC(c2ccc(C)c(F)c2F)CC1. The third kappa shape index (κ3) is 2.73. The third-order valence-corrected chi connectivity index (χ3v) is 4.29. The molecule has 2 heteroatoms. The molecule has 1 saturated carbocycles. The maximum atomic E-state index is 13.9. The molecule has 1 aromatic rings. The van der Waals surface area contributed by atoms with Crippen LogP contribution in [-0.4, -0.2) is 0 Å². The van der Waals surface area contributed by atoms with Gasteiger partial charge in [0.1, 0.15) is 0 Å². The molecule has 0 radical (unpaired) electrons. The second kappa shape index (κ2) is 5.81. The van der Waals surface area contributed by atoms with E-state index in [9.17, 15) is 8.78 Å². The van der Waals surface area contributed by atoms with Gasteiger partial charge < -0.3 is 0 Å². The summed E-state index contributed by atoms with van der Waals surface area (Å²) in [4.78, 5) is 0. The summed E-state index contributed by atoms with van der Waals surface area (Å²) in [6.07, 6.45) is 6.83. The second-order valence-electron chi connectivity index (χ2n) is 5.61. The van der Waals surface area contributed by atoms with Crippen molar-refractivity contribution in [2.24, 2.45) is 5.92 Å². The Morgan fingerprint density at radius 2 is 1.72 bits per heavy atom. The largest absolute Gasteiger partial charge is 0.203 e. The molecule has 0 bridgehead atoms. The molecule has 1 aliphatic rings. The molecular formula is C16H22F2. The van der Waals surface area contributed by atoms with E-state index in [0.29, 0.717) is 11.1 Å². The molecule has 0 N–H and O–H groups in total. The molecule has 1 aromatic carbocycles. The van der Waals surface area contributed by atoms with Gasteiger partial charge in [-0.3, -0.25) is 0 Å². The van der Waals surface area contributed by atoms with E-state index in [1.165, 1.54) is 12.8 Å². The Morgan fingerprint density at radius 3 is 2.33 bits per heavy atom. The zero-order chi connectivity index (χ0) is 13.1. The van der Waals surface area contributed by atoms with Gasteiger partial charge in [-0.15, -0.1) is 0 Å². The van der Waals surface area contributed by atoms with Crippen molar-refractivity contribution in [3.05, 3.63) is 34.9 Å². The molecular weight excluding hydrogens is 230 g/mol. The summed E-state index contributed by atoms with van der Waals surface area (Å²) < 4.78 is 27.5. The highest BCUT2D eigenvalue weighted by Crippen LogP contribution is 2.38. The average Bonchev–Trinajstić information content (AvgIpc) is 2.38. The van der Waals surface area contributed by atoms with Gasteiger partial charge in [0.05, 0.1) is 0 Å². The molecule has 1 aliphatic carbocycles. The van der Waals surface area contributed by atoms with E-state index in [4.69, 9.17) is 0 Å². The van der Waals surface area contributed by atoms with Crippen LogP contribution in [0.3, 0.4) is 0 Å². The lowest BCUT2D eigenvalue weighted by Crippen LogP contribution is -2.14. The molecule has 18 heavy (non-hydrogen) atoms. The molecule has 0 atom stereocenters. The highest BCUT2D eigenvalue weighted by Gasteiger charge is 2.25. The molecule has 1 fully saturated rings. The molecule has 0 aromatic heterocycles. The van der Waals surface area contributed by atoms with Crippen molar-refractivity contribution in [1.29, 1.82) is 0 Å². The van der Waals surface area contributed by atoms with Crippen LogP contribution < -0.4 is 0 Å². The van der Waals surface area contributed by atoms with Crippen molar-refractivity contribution >= 4 is 0 Å². The zero-order valence-electron chi connectivity index (χ0n) is 11.3. The van der Waals surface area contributed by atoms with Crippen LogP contribution in [0.1, 0.15) is 62.5 Å². The van der Waals surface area contributed by atoms with Gasteiger partial charge in [-0.05, 0) is 55.6 Å². The van der Waals surface area contributed by atoms with Crippen LogP contribution in [0.15, 0.2) is 12.1 Å². The summed E-state index contributed by atoms with van der Waals surface area (Å²) in [6.45, 7) is 3.82. The van der Waals surface area contributed by atoms with E-state index in [-0.39, 0.29) is 5.92 Å². The van der Waals surface area contributed by atoms with Crippen LogP contribution in [0.4, 0.5) is 8.78 Å². The van der Waals surface area contributed by atoms with Crippen LogP contribution in [0.2, 0.25) is 0 Å². The van der Waals surface area contributed by atoms with Gasteiger partial charge in [0.15, 0.2) is 11.6 Å². The summed E-state index contributed by atoms with van der Waals surface area (Å²) in [5, 5.41) is 0. The Hall–Kier alpha value is -0.920. The van der Waals surface area contributed by atoms with Gasteiger partial charge >= 0.3 is 0 Å². The topological polar surface area (TPSA) is 0 Å². The summed E-state index contributed by atoms with van der Waals surface area (Å²) >= 11 is 0. The molecule has 0 amide bonds. The number of rotatable bonds is 3. The minimum atomic E-state index is -0.664. The fraction of sp³-hybridized carbons (Fsp3) is 0.625. The molecule has 0 unspecified atom stereocenters. The first-order valence-electron chi connectivity index (χ1n) is 7.08. The van der Waals surface area contributed by atoms with Crippen LogP contribution in [-0.2, 0) is 0 Å². The first-order valence-corrected chi connectivity index (χ1v) is 7.08. The van der Waals surface area contributed by atoms with Gasteiger partial charge in [-0.2, -0.15) is 0 Å². The van der Waals surface area contributed by atoms with E-state index < -0.39 is 11.6 Å². The fourth-order valence-electron chi connectivity index (χ4n) is 3.15. The predicted octanol–water partition coefficient (Wildman–Crippen LogP) is 5.35. The molecule has 0 aliphatic heterocycles. The minimum absolute atomic E-state index is 0.216. The smallest absolute Gasteiger partial charge is 0.162 e. The Bertz CT molecular complexity index is 404. The van der Waals surface area contributed by atoms with E-state index in [1.807, 2.05) is 0 Å². The molecule has 2 rings (SSSR count). The lowest BCUT2D eigenvalue weighted by molar-refractivity contribution is 0.303. The molecule has 0 saturated heterocycles. The molecule has 100 valence electrons. The zero-order valence-corrected chi connectivity index (χ0v) is 11.3. The van der Waals surface area contributed by atoms with Gasteiger partial charge in [-0.1, -0.05) is 31.9 Å². The monoisotopic (exact) mass is 252 g/mol. The van der Waals surface area contributed by atoms with Gasteiger partial charge in [0.25, 0.3) is 0 Å². The summed E-state index contributed by atoms with van der Waals surface area (Å²) in [7, 11) is 0. The fourth-order valence-corrected chi connectivity index (χ4v) is 3.15. The predicted molar refractivity (Wildman–Crippen MR) is 70.7 cm³/mol. The normalized spacial score (nSPS) is 24.2. The second-order valence-corrected chi connectivity index (χ2v) is 5.61. The Balaban J connectivity index is 2.08. The Morgan fingerprint density at radius 1 is 1.06 bits per heavy atom. The lowest BCUT2D eigenvalue weighted by Gasteiger charge is -2.29. The van der Waals surface area contributed by atoms with Crippen LogP contribution >= 0.6 is 0 Å². The standard InChI is InChI=1S/C16H22F2/c1-3-4-12-6-8-13(9-7-12)14-10-5-11(2)15(17)16(14)18/h5,10,12-13H,3-4,6-9H2,1-2H3. The number of aryl methyl sites for hydroxylation is 1. The Kier molecular flexibility index (Phi) is 4.36. The van der Waals surface area contributed by atoms with E-state index >= 15 is 0 Å². The van der Waals surface area contributed by atoms with Crippen LogP contribution in [0, 0.1) is 24.5 Å². The number of benzene rings is 1. The summed E-state index contributed by atoms with van der Waals surface area (Å²) in [5.41, 5.74) is 0.990. The number of hydrogen-bond donors (Lipinski definition) is 0. The summed E-state index contributed by atoms with van der Waals surface area (Å²) in [6, 6.07) is 3.48. The van der Waals surface area contributed by atoms with Gasteiger partial charge in [0.2, 0.25) is 0 Å². The Labute approximate surface area is 108 Å². The van der Waals surface area contributed by atoms with Crippen molar-refractivity contribution < 1.29 is 8.78 Å². The highest BCUT2D eigenvalue weighted by atomic mass is 19.2. The average molecular weight is 252 g/mol. The van der Waals surface area contributed by atoms with Crippen molar-refractivity contribution in [1.82, 2.24) is 0 Å². The van der Waals surface area contributed by atoms with Crippen LogP contribution in [0.5, 0.6) is 0 Å². The molecule has 0 heterocycles. The van der Waals surface area contributed by atoms with E-state index in [1.54, 1.807) is 19.1 Å². The highest BCUT2D eigenvalue weighted by molar-refractivity contribution is 5.28. The van der Waals surface area contributed by atoms with Crippen molar-refractivity contribution in [3.63, 3.8) is 0 Å². The lowest BCUT2D eigenvalue weighted by atomic mass is 9.77. The first kappa shape index (κ1) is 13.5. The van der Waals surface area contributed by atoms with Crippen molar-refractivity contribution in [3.8, 4) is 0 Å². The van der Waals surface area contributed by atoms with E-state index in [2.05, 4.69) is 6.92 Å². The minimum Gasteiger partial charge on any atom is -0.203 e. The van der Waals surface area contributed by atoms with Gasteiger partial charge in [-0.25, -0.2) is 8.78 Å². The summed E-state index contributed by atoms with van der Waals surface area (Å²) in [5.74, 6) is -0.269. The van der Waals surface area contributed by atoms with Crippen LogP contribution in [0.25, 0.3) is 0 Å². The van der Waals surface area contributed by atoms with Gasteiger partial charge in [0, 0.05) is 0 Å². The molecule has 0 spiro atoms. The third-order valence-electron chi connectivity index (χ3n) is 4.29. The quantitative estimate of drug-likeness (QED) is 0.680. The maximum Gasteiger partial charge on any atom is 0.162 e. The van der Waals surface area contributed by atoms with Crippen molar-refractivity contribution in [2.45, 2.75) is 58.3 Å². The van der Waals surface area contributed by atoms with Crippen molar-refractivity contribution in [2.75, 3.05) is 0 Å². The van der Waals surface area contributed by atoms with E-state index in [0.717, 1.165) is 31.6 Å². The number of halogens is 2. The number of hydrogen-bond acceptors (Lipinski definition) is 0. The maximum absolute atomic E-state index is 13.9. The first-order chi connectivity index (χ1) is 8.63. The molecule has 0 nitrogen and oxygen atoms in total.